The molecule has 0 aliphatic heterocycles. The van der Waals surface area contributed by atoms with Gasteiger partial charge < -0.3 is 4.74 Å². The van der Waals surface area contributed by atoms with Crippen molar-refractivity contribution in [1.82, 2.24) is 4.98 Å². The fraction of sp³-hybridized carbons (Fsp3) is 0.154. The lowest BCUT2D eigenvalue weighted by Crippen LogP contribution is -2.30. The summed E-state index contributed by atoms with van der Waals surface area (Å²) in [6.45, 7) is 1.65. The second-order valence-electron chi connectivity index (χ2n) is 3.70. The molecular formula is C13H11N3O2S. The van der Waals surface area contributed by atoms with E-state index in [4.69, 9.17) is 10.00 Å². The Kier molecular flexibility index (Phi) is 4.11. The zero-order valence-corrected chi connectivity index (χ0v) is 11.0. The zero-order chi connectivity index (χ0) is 13.7. The fourth-order valence-electron chi connectivity index (χ4n) is 1.35. The monoisotopic (exact) mass is 273 g/mol. The summed E-state index contributed by atoms with van der Waals surface area (Å²) in [5.41, 5.74) is 0. The number of carbonyl (C=O) groups is 1. The average molecular weight is 273 g/mol. The number of aromatic nitrogens is 1. The largest absolute Gasteiger partial charge is 0.481 e. The SMILES string of the molecule is CC(Oc1ccccc1)C(=O)Nc1ncc(C#N)s1. The van der Waals surface area contributed by atoms with Crippen LogP contribution in [-0.2, 0) is 4.79 Å². The maximum atomic E-state index is 11.9. The number of nitrogens with zero attached hydrogens (tertiary/aromatic N) is 2. The second kappa shape index (κ2) is 5.98. The zero-order valence-electron chi connectivity index (χ0n) is 10.2. The molecule has 0 radical (unpaired) electrons. The third-order valence-electron chi connectivity index (χ3n) is 2.27. The maximum absolute atomic E-state index is 11.9. The smallest absolute Gasteiger partial charge is 0.266 e. The molecule has 1 atom stereocenters. The molecule has 0 saturated carbocycles. The Bertz CT molecular complexity index is 604. The second-order valence-corrected chi connectivity index (χ2v) is 4.73. The first-order valence-corrected chi connectivity index (χ1v) is 6.39. The van der Waals surface area contributed by atoms with Crippen molar-refractivity contribution in [2.45, 2.75) is 13.0 Å². The van der Waals surface area contributed by atoms with E-state index in [1.807, 2.05) is 24.3 Å². The lowest BCUT2D eigenvalue weighted by Gasteiger charge is -2.13. The Morgan fingerprint density at radius 2 is 2.21 bits per heavy atom. The molecule has 19 heavy (non-hydrogen) atoms. The van der Waals surface area contributed by atoms with Gasteiger partial charge in [0.05, 0.1) is 6.20 Å². The van der Waals surface area contributed by atoms with E-state index in [0.717, 1.165) is 11.3 Å². The molecule has 1 amide bonds. The molecule has 0 saturated heterocycles. The standard InChI is InChI=1S/C13H11N3O2S/c1-9(18-10-5-3-2-4-6-10)12(17)16-13-15-8-11(7-14)19-13/h2-6,8-9H,1H3,(H,15,16,17). The van der Waals surface area contributed by atoms with E-state index in [0.29, 0.717) is 15.8 Å². The molecule has 1 unspecified atom stereocenters. The number of para-hydroxylation sites is 1. The van der Waals surface area contributed by atoms with Gasteiger partial charge >= 0.3 is 0 Å². The predicted molar refractivity (Wildman–Crippen MR) is 72.0 cm³/mol. The van der Waals surface area contributed by atoms with Gasteiger partial charge in [0.15, 0.2) is 11.2 Å². The number of nitriles is 1. The van der Waals surface area contributed by atoms with Crippen LogP contribution in [0.4, 0.5) is 5.13 Å². The summed E-state index contributed by atoms with van der Waals surface area (Å²) in [6, 6.07) is 11.1. The van der Waals surface area contributed by atoms with Crippen LogP contribution in [0.15, 0.2) is 36.5 Å². The van der Waals surface area contributed by atoms with Crippen molar-refractivity contribution in [3.05, 3.63) is 41.4 Å². The molecule has 0 aliphatic carbocycles. The van der Waals surface area contributed by atoms with E-state index in [1.165, 1.54) is 6.20 Å². The number of rotatable bonds is 4. The third-order valence-corrected chi connectivity index (χ3v) is 3.09. The van der Waals surface area contributed by atoms with E-state index >= 15 is 0 Å². The van der Waals surface area contributed by atoms with Crippen molar-refractivity contribution < 1.29 is 9.53 Å². The van der Waals surface area contributed by atoms with Crippen molar-refractivity contribution >= 4 is 22.4 Å². The van der Waals surface area contributed by atoms with Crippen LogP contribution in [0.25, 0.3) is 0 Å². The van der Waals surface area contributed by atoms with Crippen molar-refractivity contribution in [3.8, 4) is 11.8 Å². The number of anilines is 1. The van der Waals surface area contributed by atoms with Crippen LogP contribution in [-0.4, -0.2) is 17.0 Å². The Morgan fingerprint density at radius 3 is 2.84 bits per heavy atom. The number of hydrogen-bond donors (Lipinski definition) is 1. The van der Waals surface area contributed by atoms with Gasteiger partial charge in [-0.2, -0.15) is 5.26 Å². The number of carbonyl (C=O) groups excluding carboxylic acids is 1. The predicted octanol–water partition coefficient (Wildman–Crippen LogP) is 2.42. The molecule has 1 heterocycles. The minimum absolute atomic E-state index is 0.303. The highest BCUT2D eigenvalue weighted by atomic mass is 32.1. The first-order valence-electron chi connectivity index (χ1n) is 5.57. The van der Waals surface area contributed by atoms with Gasteiger partial charge in [-0.1, -0.05) is 29.5 Å². The topological polar surface area (TPSA) is 75.0 Å². The van der Waals surface area contributed by atoms with Crippen molar-refractivity contribution in [2.75, 3.05) is 5.32 Å². The Morgan fingerprint density at radius 1 is 1.47 bits per heavy atom. The van der Waals surface area contributed by atoms with Gasteiger partial charge in [0, 0.05) is 0 Å². The number of ether oxygens (including phenoxy) is 1. The van der Waals surface area contributed by atoms with E-state index in [1.54, 1.807) is 19.1 Å². The third kappa shape index (κ3) is 3.53. The molecule has 5 nitrogen and oxygen atoms in total. The van der Waals surface area contributed by atoms with E-state index < -0.39 is 6.10 Å². The lowest BCUT2D eigenvalue weighted by atomic mass is 10.3. The van der Waals surface area contributed by atoms with Gasteiger partial charge in [0.1, 0.15) is 16.7 Å². The molecular weight excluding hydrogens is 262 g/mol. The lowest BCUT2D eigenvalue weighted by molar-refractivity contribution is -0.122. The summed E-state index contributed by atoms with van der Waals surface area (Å²) < 4.78 is 5.48. The number of nitrogens with one attached hydrogen (secondary N) is 1. The van der Waals surface area contributed by atoms with Crippen molar-refractivity contribution in [1.29, 1.82) is 5.26 Å². The molecule has 6 heteroatoms. The van der Waals surface area contributed by atoms with Crippen molar-refractivity contribution in [2.24, 2.45) is 0 Å². The summed E-state index contributed by atoms with van der Waals surface area (Å²) in [5.74, 6) is 0.324. The molecule has 0 spiro atoms. The molecule has 0 aliphatic rings. The summed E-state index contributed by atoms with van der Waals surface area (Å²) in [6.07, 6.45) is 0.778. The van der Waals surface area contributed by atoms with E-state index in [9.17, 15) is 4.79 Å². The van der Waals surface area contributed by atoms with Gasteiger partial charge in [0.25, 0.3) is 5.91 Å². The maximum Gasteiger partial charge on any atom is 0.266 e. The highest BCUT2D eigenvalue weighted by Gasteiger charge is 2.16. The van der Waals surface area contributed by atoms with Gasteiger partial charge in [0.2, 0.25) is 0 Å². The first-order chi connectivity index (χ1) is 9.19. The molecule has 0 fully saturated rings. The number of benzene rings is 1. The Balaban J connectivity index is 1.94. The van der Waals surface area contributed by atoms with Crippen LogP contribution < -0.4 is 10.1 Å². The summed E-state index contributed by atoms with van der Waals surface area (Å²) in [5, 5.41) is 11.7. The molecule has 1 aromatic heterocycles. The number of hydrogen-bond acceptors (Lipinski definition) is 5. The fourth-order valence-corrected chi connectivity index (χ4v) is 1.96. The summed E-state index contributed by atoms with van der Waals surface area (Å²) in [7, 11) is 0. The highest BCUT2D eigenvalue weighted by molar-refractivity contribution is 7.16. The summed E-state index contributed by atoms with van der Waals surface area (Å²) >= 11 is 1.13. The number of amides is 1. The van der Waals surface area contributed by atoms with Crippen molar-refractivity contribution in [3.63, 3.8) is 0 Å². The van der Waals surface area contributed by atoms with Gasteiger partial charge in [-0.15, -0.1) is 0 Å². The minimum atomic E-state index is -0.642. The normalized spacial score (nSPS) is 11.4. The van der Waals surface area contributed by atoms with Gasteiger partial charge in [-0.25, -0.2) is 4.98 Å². The Hall–Kier alpha value is -2.39. The van der Waals surface area contributed by atoms with E-state index in [-0.39, 0.29) is 5.91 Å². The quantitative estimate of drug-likeness (QED) is 0.928. The van der Waals surface area contributed by atoms with E-state index in [2.05, 4.69) is 10.3 Å². The molecule has 1 aromatic carbocycles. The van der Waals surface area contributed by atoms with Gasteiger partial charge in [-0.05, 0) is 19.1 Å². The summed E-state index contributed by atoms with van der Waals surface area (Å²) in [4.78, 5) is 16.2. The number of thiazole rings is 1. The molecule has 0 bridgehead atoms. The first kappa shape index (κ1) is 13.1. The van der Waals surface area contributed by atoms with Crippen LogP contribution in [0.2, 0.25) is 0 Å². The molecule has 2 aromatic rings. The molecule has 96 valence electrons. The average Bonchev–Trinajstić information content (AvgIpc) is 2.87. The Labute approximate surface area is 114 Å². The molecule has 1 N–H and O–H groups in total. The van der Waals surface area contributed by atoms with Crippen LogP contribution in [0.5, 0.6) is 5.75 Å². The highest BCUT2D eigenvalue weighted by Crippen LogP contribution is 2.17. The van der Waals surface area contributed by atoms with Crippen LogP contribution in [0.3, 0.4) is 0 Å². The van der Waals surface area contributed by atoms with Crippen LogP contribution >= 0.6 is 11.3 Å². The molecule has 2 rings (SSSR count). The van der Waals surface area contributed by atoms with Crippen LogP contribution in [0.1, 0.15) is 11.8 Å². The van der Waals surface area contributed by atoms with Crippen LogP contribution in [0, 0.1) is 11.3 Å². The van der Waals surface area contributed by atoms with Gasteiger partial charge in [-0.3, -0.25) is 10.1 Å². The minimum Gasteiger partial charge on any atom is -0.481 e.